The number of hydrogen-bond donors (Lipinski definition) is 0. The van der Waals surface area contributed by atoms with Crippen molar-refractivity contribution in [3.8, 4) is 17.3 Å². The quantitative estimate of drug-likeness (QED) is 0.673. The van der Waals surface area contributed by atoms with E-state index in [0.29, 0.717) is 16.8 Å². The molecule has 0 fully saturated rings. The average molecular weight is 385 g/mol. The Labute approximate surface area is 170 Å². The van der Waals surface area contributed by atoms with Crippen LogP contribution in [-0.2, 0) is 0 Å². The predicted octanol–water partition coefficient (Wildman–Crippen LogP) is 4.17. The summed E-state index contributed by atoms with van der Waals surface area (Å²) >= 11 is 0. The Bertz CT molecular complexity index is 1080. The molecule has 146 valence electrons. The zero-order chi connectivity index (χ0) is 21.1. The predicted molar refractivity (Wildman–Crippen MR) is 111 cm³/mol. The number of hydrogen-bond acceptors (Lipinski definition) is 5. The van der Waals surface area contributed by atoms with Crippen molar-refractivity contribution in [3.63, 3.8) is 0 Å². The molecule has 3 rings (SSSR count). The van der Waals surface area contributed by atoms with E-state index in [0.717, 1.165) is 28.1 Å². The van der Waals surface area contributed by atoms with E-state index in [2.05, 4.69) is 21.0 Å². The molecule has 1 atom stereocenters. The summed E-state index contributed by atoms with van der Waals surface area (Å²) < 4.78 is 0. The van der Waals surface area contributed by atoms with Gasteiger partial charge in [0.05, 0.1) is 23.0 Å². The molecule has 1 aromatic carbocycles. The molecule has 0 unspecified atom stereocenters. The fraction of sp³-hybridized carbons (Fsp3) is 0.261. The minimum atomic E-state index is -0.181. The third-order valence-corrected chi connectivity index (χ3v) is 5.45. The first-order valence-electron chi connectivity index (χ1n) is 9.36. The summed E-state index contributed by atoms with van der Waals surface area (Å²) in [5, 5.41) is 9.60. The second kappa shape index (κ2) is 8.19. The monoisotopic (exact) mass is 385 g/mol. The molecule has 6 heteroatoms. The van der Waals surface area contributed by atoms with Crippen LogP contribution < -0.4 is 0 Å². The highest BCUT2D eigenvalue weighted by Gasteiger charge is 2.20. The van der Waals surface area contributed by atoms with Crippen LogP contribution in [0, 0.1) is 32.1 Å². The van der Waals surface area contributed by atoms with Crippen molar-refractivity contribution < 1.29 is 4.79 Å². The molecule has 1 amide bonds. The van der Waals surface area contributed by atoms with Gasteiger partial charge in [0.25, 0.3) is 5.91 Å². The molecule has 6 nitrogen and oxygen atoms in total. The highest BCUT2D eigenvalue weighted by Crippen LogP contribution is 2.28. The van der Waals surface area contributed by atoms with Crippen molar-refractivity contribution in [2.45, 2.75) is 33.7 Å². The number of nitrogens with zero attached hydrogens (tertiary/aromatic N) is 5. The Hall–Kier alpha value is -3.59. The van der Waals surface area contributed by atoms with E-state index in [4.69, 9.17) is 0 Å². The van der Waals surface area contributed by atoms with E-state index in [-0.39, 0.29) is 11.9 Å². The first-order chi connectivity index (χ1) is 13.8. The van der Waals surface area contributed by atoms with Gasteiger partial charge in [0, 0.05) is 30.1 Å². The molecule has 0 saturated carbocycles. The Morgan fingerprint density at radius 3 is 2.38 bits per heavy atom. The van der Waals surface area contributed by atoms with Crippen LogP contribution in [0.25, 0.3) is 11.3 Å². The van der Waals surface area contributed by atoms with Crippen LogP contribution in [0.5, 0.6) is 0 Å². The molecular weight excluding hydrogens is 362 g/mol. The van der Waals surface area contributed by atoms with Gasteiger partial charge in [-0.2, -0.15) is 5.26 Å². The molecule has 0 aliphatic carbocycles. The lowest BCUT2D eigenvalue weighted by Crippen LogP contribution is -2.30. The lowest BCUT2D eigenvalue weighted by Gasteiger charge is -2.24. The minimum absolute atomic E-state index is 0.104. The summed E-state index contributed by atoms with van der Waals surface area (Å²) in [4.78, 5) is 27.3. The number of rotatable bonds is 4. The summed E-state index contributed by atoms with van der Waals surface area (Å²) in [7, 11) is 1.76. The van der Waals surface area contributed by atoms with Crippen molar-refractivity contribution in [1.82, 2.24) is 19.9 Å². The van der Waals surface area contributed by atoms with E-state index in [1.807, 2.05) is 39.8 Å². The first-order valence-corrected chi connectivity index (χ1v) is 9.36. The smallest absolute Gasteiger partial charge is 0.254 e. The summed E-state index contributed by atoms with van der Waals surface area (Å²) in [5.74, 6) is -0.104. The molecule has 2 heterocycles. The van der Waals surface area contributed by atoms with Crippen molar-refractivity contribution >= 4 is 5.91 Å². The van der Waals surface area contributed by atoms with Gasteiger partial charge in [-0.25, -0.2) is 9.97 Å². The number of benzene rings is 1. The Morgan fingerprint density at radius 1 is 1.10 bits per heavy atom. The van der Waals surface area contributed by atoms with Crippen LogP contribution in [0.4, 0.5) is 0 Å². The fourth-order valence-electron chi connectivity index (χ4n) is 3.19. The number of amides is 1. The van der Waals surface area contributed by atoms with Crippen LogP contribution >= 0.6 is 0 Å². The summed E-state index contributed by atoms with van der Waals surface area (Å²) in [5.41, 5.74) is 6.24. The fourth-order valence-corrected chi connectivity index (χ4v) is 3.19. The van der Waals surface area contributed by atoms with E-state index in [9.17, 15) is 10.1 Å². The molecule has 0 aliphatic rings. The maximum absolute atomic E-state index is 12.9. The van der Waals surface area contributed by atoms with Gasteiger partial charge >= 0.3 is 0 Å². The minimum Gasteiger partial charge on any atom is -0.333 e. The van der Waals surface area contributed by atoms with Crippen LogP contribution in [-0.4, -0.2) is 32.8 Å². The van der Waals surface area contributed by atoms with Crippen LogP contribution in [0.15, 0.2) is 42.9 Å². The van der Waals surface area contributed by atoms with Gasteiger partial charge in [-0.15, -0.1) is 0 Å². The molecule has 3 aromatic rings. The second-order valence-electron chi connectivity index (χ2n) is 7.09. The Morgan fingerprint density at radius 2 is 1.79 bits per heavy atom. The number of nitriles is 1. The molecule has 0 saturated heterocycles. The van der Waals surface area contributed by atoms with Gasteiger partial charge in [-0.05, 0) is 57.0 Å². The third-order valence-electron chi connectivity index (χ3n) is 5.45. The van der Waals surface area contributed by atoms with Crippen molar-refractivity contribution in [3.05, 3.63) is 76.5 Å². The van der Waals surface area contributed by atoms with Crippen LogP contribution in [0.1, 0.15) is 51.4 Å². The first kappa shape index (κ1) is 20.2. The maximum atomic E-state index is 12.9. The van der Waals surface area contributed by atoms with Crippen LogP contribution in [0.2, 0.25) is 0 Å². The molecule has 0 bridgehead atoms. The highest BCUT2D eigenvalue weighted by molar-refractivity contribution is 5.94. The van der Waals surface area contributed by atoms with E-state index in [1.165, 1.54) is 6.33 Å². The Kier molecular flexibility index (Phi) is 5.69. The van der Waals surface area contributed by atoms with Gasteiger partial charge < -0.3 is 4.90 Å². The average Bonchev–Trinajstić information content (AvgIpc) is 2.76. The van der Waals surface area contributed by atoms with E-state index in [1.54, 1.807) is 36.3 Å². The van der Waals surface area contributed by atoms with Crippen molar-refractivity contribution in [1.29, 1.82) is 5.26 Å². The molecule has 0 N–H and O–H groups in total. The van der Waals surface area contributed by atoms with Crippen LogP contribution in [0.3, 0.4) is 0 Å². The number of carbonyl (C=O) groups is 1. The number of aryl methyl sites for hydroxylation is 1. The molecule has 29 heavy (non-hydrogen) atoms. The standard InChI is InChI=1S/C23H23N5O/c1-14-15(2)20(12-24)22(27-16(14)3)18-6-8-19(9-7-18)23(29)28(5)17(4)21-10-11-25-13-26-21/h6-11,13,17H,1-5H3/t17-/m0/s1. The zero-order valence-electron chi connectivity index (χ0n) is 17.3. The largest absolute Gasteiger partial charge is 0.333 e. The lowest BCUT2D eigenvalue weighted by atomic mass is 9.97. The normalized spacial score (nSPS) is 11.6. The zero-order valence-corrected chi connectivity index (χ0v) is 17.3. The number of carbonyl (C=O) groups excluding carboxylic acids is 1. The lowest BCUT2D eigenvalue weighted by molar-refractivity contribution is 0.0739. The van der Waals surface area contributed by atoms with Gasteiger partial charge in [0.1, 0.15) is 12.4 Å². The van der Waals surface area contributed by atoms with Gasteiger partial charge in [-0.3, -0.25) is 9.78 Å². The van der Waals surface area contributed by atoms with Crippen molar-refractivity contribution in [2.75, 3.05) is 7.05 Å². The van der Waals surface area contributed by atoms with Crippen molar-refractivity contribution in [2.24, 2.45) is 0 Å². The van der Waals surface area contributed by atoms with Gasteiger partial charge in [-0.1, -0.05) is 12.1 Å². The molecule has 0 aliphatic heterocycles. The second-order valence-corrected chi connectivity index (χ2v) is 7.09. The van der Waals surface area contributed by atoms with E-state index >= 15 is 0 Å². The maximum Gasteiger partial charge on any atom is 0.254 e. The molecule has 0 radical (unpaired) electrons. The Balaban J connectivity index is 1.90. The summed E-state index contributed by atoms with van der Waals surface area (Å²) in [6, 6.07) is 11.1. The van der Waals surface area contributed by atoms with Gasteiger partial charge in [0.15, 0.2) is 0 Å². The SMILES string of the molecule is Cc1nc(-c2ccc(C(=O)N(C)[C@@H](C)c3ccncn3)cc2)c(C#N)c(C)c1C. The highest BCUT2D eigenvalue weighted by atomic mass is 16.2. The molecular formula is C23H23N5O. The van der Waals surface area contributed by atoms with E-state index < -0.39 is 0 Å². The topological polar surface area (TPSA) is 82.8 Å². The summed E-state index contributed by atoms with van der Waals surface area (Å²) in [6.45, 7) is 7.77. The molecule has 0 spiro atoms. The summed E-state index contributed by atoms with van der Waals surface area (Å²) in [6.07, 6.45) is 3.14. The van der Waals surface area contributed by atoms with Gasteiger partial charge in [0.2, 0.25) is 0 Å². The number of aromatic nitrogens is 3. The molecule has 2 aromatic heterocycles. The third kappa shape index (κ3) is 3.85. The number of pyridine rings is 1.